The topological polar surface area (TPSA) is 171 Å². The van der Waals surface area contributed by atoms with Crippen LogP contribution in [-0.2, 0) is 21.5 Å². The maximum absolute atomic E-state index is 13.4. The molecule has 0 unspecified atom stereocenters. The van der Waals surface area contributed by atoms with E-state index < -0.39 is 41.3 Å². The van der Waals surface area contributed by atoms with Crippen LogP contribution in [0.5, 0.6) is 0 Å². The Bertz CT molecular complexity index is 1630. The number of aromatic nitrogens is 5. The van der Waals surface area contributed by atoms with Crippen molar-refractivity contribution in [2.45, 2.75) is 45.7 Å². The van der Waals surface area contributed by atoms with Crippen LogP contribution in [0.3, 0.4) is 0 Å². The largest absolute Gasteiger partial charge is 0.453 e. The van der Waals surface area contributed by atoms with E-state index in [2.05, 4.69) is 35.5 Å². The Balaban J connectivity index is 1.60. The second-order valence-corrected chi connectivity index (χ2v) is 10.3. The van der Waals surface area contributed by atoms with Crippen LogP contribution in [0.4, 0.5) is 10.5 Å². The number of anilines is 1. The molecule has 0 fully saturated rings. The molecule has 0 bridgehead atoms. The Morgan fingerprint density at radius 2 is 1.74 bits per heavy atom. The summed E-state index contributed by atoms with van der Waals surface area (Å²) in [6, 6.07) is 13.2. The Morgan fingerprint density at radius 1 is 1.02 bits per heavy atom. The predicted molar refractivity (Wildman–Crippen MR) is 152 cm³/mol. The summed E-state index contributed by atoms with van der Waals surface area (Å²) in [5.41, 5.74) is -0.389. The molecule has 1 aromatic carbocycles. The number of amides is 2. The fraction of sp³-hybridized carbons (Fsp3) is 0.310. The molecule has 3 aromatic heterocycles. The van der Waals surface area contributed by atoms with Crippen LogP contribution in [0, 0.1) is 5.92 Å². The lowest BCUT2D eigenvalue weighted by Crippen LogP contribution is -2.46. The molecule has 0 radical (unpaired) electrons. The third-order valence-electron chi connectivity index (χ3n) is 6.54. The van der Waals surface area contributed by atoms with Gasteiger partial charge in [0.1, 0.15) is 18.1 Å². The molecule has 4 aromatic rings. The van der Waals surface area contributed by atoms with Gasteiger partial charge in [0.25, 0.3) is 11.4 Å². The minimum absolute atomic E-state index is 0.181. The van der Waals surface area contributed by atoms with Crippen LogP contribution in [-0.4, -0.2) is 55.7 Å². The van der Waals surface area contributed by atoms with Crippen LogP contribution in [0.1, 0.15) is 50.0 Å². The van der Waals surface area contributed by atoms with Gasteiger partial charge in [0.05, 0.1) is 30.5 Å². The van der Waals surface area contributed by atoms with Gasteiger partial charge in [0, 0.05) is 11.8 Å². The van der Waals surface area contributed by atoms with Crippen molar-refractivity contribution < 1.29 is 23.5 Å². The van der Waals surface area contributed by atoms with E-state index in [0.717, 1.165) is 11.7 Å². The Hall–Kier alpha value is -5.20. The number of benzene rings is 1. The summed E-state index contributed by atoms with van der Waals surface area (Å²) in [5, 5.41) is 13.0. The lowest BCUT2D eigenvalue weighted by molar-refractivity contribution is -0.122. The van der Waals surface area contributed by atoms with Crippen molar-refractivity contribution in [2.24, 2.45) is 5.92 Å². The van der Waals surface area contributed by atoms with Gasteiger partial charge < -0.3 is 14.5 Å². The number of pyridine rings is 1. The van der Waals surface area contributed by atoms with Crippen molar-refractivity contribution in [3.8, 4) is 11.4 Å². The third-order valence-corrected chi connectivity index (χ3v) is 6.54. The molecule has 4 rings (SSSR count). The molecule has 0 saturated heterocycles. The number of methoxy groups -OCH3 is 1. The molecule has 0 aliphatic carbocycles. The van der Waals surface area contributed by atoms with E-state index in [1.54, 1.807) is 56.4 Å². The van der Waals surface area contributed by atoms with Crippen LogP contribution < -0.4 is 16.2 Å². The van der Waals surface area contributed by atoms with E-state index in [9.17, 15) is 19.2 Å². The number of nitrogens with one attached hydrogen (secondary N) is 2. The average Bonchev–Trinajstić information content (AvgIpc) is 3.50. The van der Waals surface area contributed by atoms with Crippen molar-refractivity contribution in [3.05, 3.63) is 88.8 Å². The van der Waals surface area contributed by atoms with Crippen molar-refractivity contribution in [1.82, 2.24) is 30.0 Å². The molecule has 218 valence electrons. The Kier molecular flexibility index (Phi) is 8.89. The van der Waals surface area contributed by atoms with Crippen molar-refractivity contribution in [1.29, 1.82) is 0 Å². The summed E-state index contributed by atoms with van der Waals surface area (Å²) in [6.07, 6.45) is 1.97. The molecule has 2 amide bonds. The number of ether oxygens (including phenoxy) is 1. The van der Waals surface area contributed by atoms with Gasteiger partial charge in [-0.25, -0.2) is 9.78 Å². The van der Waals surface area contributed by atoms with E-state index in [1.165, 1.54) is 6.20 Å². The number of Topliss-reactive ketones (excluding diaryl/α,β-unsaturated/α-hetero) is 1. The van der Waals surface area contributed by atoms with Crippen molar-refractivity contribution >= 4 is 23.5 Å². The zero-order valence-corrected chi connectivity index (χ0v) is 23.8. The van der Waals surface area contributed by atoms with Crippen molar-refractivity contribution in [3.63, 3.8) is 0 Å². The van der Waals surface area contributed by atoms with Crippen LogP contribution in [0.2, 0.25) is 0 Å². The molecule has 2 N–H and O–H groups in total. The van der Waals surface area contributed by atoms with E-state index >= 15 is 0 Å². The molecular formula is C29H31N7O6. The predicted octanol–water partition coefficient (Wildman–Crippen LogP) is 3.22. The highest BCUT2D eigenvalue weighted by Crippen LogP contribution is 2.29. The normalized spacial score (nSPS) is 12.0. The molecule has 42 heavy (non-hydrogen) atoms. The van der Waals surface area contributed by atoms with Crippen LogP contribution in [0.15, 0.2) is 70.1 Å². The van der Waals surface area contributed by atoms with Crippen molar-refractivity contribution in [2.75, 3.05) is 12.4 Å². The number of carbonyl (C=O) groups is 3. The second-order valence-electron chi connectivity index (χ2n) is 10.3. The van der Waals surface area contributed by atoms with Gasteiger partial charge in [-0.15, -0.1) is 10.2 Å². The summed E-state index contributed by atoms with van der Waals surface area (Å²) in [7, 11) is 1.15. The second kappa shape index (κ2) is 12.5. The molecule has 0 aliphatic heterocycles. The smallest absolute Gasteiger partial charge is 0.411 e. The van der Waals surface area contributed by atoms with Gasteiger partial charge in [-0.05, 0) is 31.9 Å². The molecule has 3 heterocycles. The zero-order valence-electron chi connectivity index (χ0n) is 23.8. The maximum Gasteiger partial charge on any atom is 0.411 e. The average molecular weight is 574 g/mol. The fourth-order valence-corrected chi connectivity index (χ4v) is 4.15. The summed E-state index contributed by atoms with van der Waals surface area (Å²) in [6.45, 7) is 6.70. The SMILES string of the molecule is COC(=O)Nc1cnc(-c2ccccc2)n(CC(=O)N[C@@H](C(=O)c2nnc(C(C)(C)c3ccccn3)o2)C(C)C)c1=O. The first-order valence-corrected chi connectivity index (χ1v) is 13.1. The van der Waals surface area contributed by atoms with Gasteiger partial charge in [-0.1, -0.05) is 50.2 Å². The Labute approximate surface area is 241 Å². The first-order chi connectivity index (χ1) is 20.0. The lowest BCUT2D eigenvalue weighted by atomic mass is 9.89. The van der Waals surface area contributed by atoms with Gasteiger partial charge in [-0.2, -0.15) is 0 Å². The summed E-state index contributed by atoms with van der Waals surface area (Å²) >= 11 is 0. The van der Waals surface area contributed by atoms with Gasteiger partial charge >= 0.3 is 6.09 Å². The zero-order chi connectivity index (χ0) is 30.4. The summed E-state index contributed by atoms with van der Waals surface area (Å²) < 4.78 is 11.5. The number of carbonyl (C=O) groups excluding carboxylic acids is 3. The number of hydrogen-bond acceptors (Lipinski definition) is 10. The molecule has 0 aliphatic rings. The molecule has 13 heteroatoms. The minimum atomic E-state index is -1.04. The van der Waals surface area contributed by atoms with Gasteiger partial charge in [0.2, 0.25) is 17.6 Å². The molecule has 1 atom stereocenters. The number of nitrogens with zero attached hydrogens (tertiary/aromatic N) is 5. The Morgan fingerprint density at radius 3 is 2.38 bits per heavy atom. The lowest BCUT2D eigenvalue weighted by Gasteiger charge is -2.21. The molecule has 0 saturated carbocycles. The highest BCUT2D eigenvalue weighted by atomic mass is 16.5. The van der Waals surface area contributed by atoms with Crippen LogP contribution >= 0.6 is 0 Å². The van der Waals surface area contributed by atoms with E-state index in [-0.39, 0.29) is 29.2 Å². The monoisotopic (exact) mass is 573 g/mol. The third kappa shape index (κ3) is 6.40. The molecular weight excluding hydrogens is 542 g/mol. The first-order valence-electron chi connectivity index (χ1n) is 13.1. The quantitative estimate of drug-likeness (QED) is 0.268. The summed E-state index contributed by atoms with van der Waals surface area (Å²) in [5.74, 6) is -1.47. The van der Waals surface area contributed by atoms with E-state index in [4.69, 9.17) is 4.42 Å². The highest BCUT2D eigenvalue weighted by Gasteiger charge is 2.35. The van der Waals surface area contributed by atoms with Crippen LogP contribution in [0.25, 0.3) is 11.4 Å². The molecule has 0 spiro atoms. The minimum Gasteiger partial charge on any atom is -0.453 e. The van der Waals surface area contributed by atoms with Gasteiger partial charge in [0.15, 0.2) is 0 Å². The fourth-order valence-electron chi connectivity index (χ4n) is 4.15. The van der Waals surface area contributed by atoms with Gasteiger partial charge in [-0.3, -0.25) is 29.3 Å². The van der Waals surface area contributed by atoms with E-state index in [1.807, 2.05) is 26.0 Å². The number of ketones is 1. The highest BCUT2D eigenvalue weighted by molar-refractivity contribution is 5.98. The number of rotatable bonds is 10. The molecule has 13 nitrogen and oxygen atoms in total. The standard InChI is InChI=1S/C29H31N7O6/c1-17(2)22(23(38)25-34-35-27(42-25)29(3,4)20-13-9-10-14-30-20)33-21(37)16-36-24(18-11-7-6-8-12-18)31-15-19(26(36)39)32-28(40)41-5/h6-15,17,22H,16H2,1-5H3,(H,32,40)(H,33,37)/t22-/m1/s1. The number of hydrogen-bond donors (Lipinski definition) is 2. The maximum atomic E-state index is 13.4. The summed E-state index contributed by atoms with van der Waals surface area (Å²) in [4.78, 5) is 60.5. The van der Waals surface area contributed by atoms with E-state index in [0.29, 0.717) is 11.3 Å². The first kappa shape index (κ1) is 29.8.